The van der Waals surface area contributed by atoms with E-state index >= 15 is 0 Å². The number of hydrogen-bond donors (Lipinski definition) is 2. The monoisotopic (exact) mass is 151 g/mol. The molecule has 1 rings (SSSR count). The molecule has 1 aromatic heterocycles. The molecule has 0 radical (unpaired) electrons. The molecular formula is C7H10BNO2. The normalized spacial score (nSPS) is 9.82. The van der Waals surface area contributed by atoms with E-state index in [0.717, 1.165) is 11.1 Å². The van der Waals surface area contributed by atoms with Gasteiger partial charge in [-0.1, -0.05) is 0 Å². The lowest BCUT2D eigenvalue weighted by atomic mass is 9.84. The van der Waals surface area contributed by atoms with Crippen LogP contribution in [0.3, 0.4) is 0 Å². The Morgan fingerprint density at radius 1 is 1.27 bits per heavy atom. The Morgan fingerprint density at radius 3 is 2.36 bits per heavy atom. The molecule has 0 aliphatic carbocycles. The highest BCUT2D eigenvalue weighted by molar-refractivity contribution is 6.57. The zero-order valence-corrected chi connectivity index (χ0v) is 6.57. The zero-order valence-electron chi connectivity index (χ0n) is 6.57. The Morgan fingerprint density at radius 2 is 1.91 bits per heavy atom. The van der Waals surface area contributed by atoms with Crippen LogP contribution in [0.15, 0.2) is 12.3 Å². The van der Waals surface area contributed by atoms with Gasteiger partial charge in [0.05, 0.1) is 5.59 Å². The third-order valence-corrected chi connectivity index (χ3v) is 1.66. The van der Waals surface area contributed by atoms with E-state index in [1.54, 1.807) is 12.3 Å². The fourth-order valence-corrected chi connectivity index (χ4v) is 0.787. The highest BCUT2D eigenvalue weighted by Crippen LogP contribution is 2.00. The average molecular weight is 151 g/mol. The molecule has 0 aromatic carbocycles. The van der Waals surface area contributed by atoms with Crippen LogP contribution in [0.1, 0.15) is 11.1 Å². The van der Waals surface area contributed by atoms with Crippen molar-refractivity contribution >= 4 is 12.7 Å². The molecule has 0 saturated heterocycles. The first-order valence-electron chi connectivity index (χ1n) is 3.40. The average Bonchev–Trinajstić information content (AvgIpc) is 1.94. The molecule has 4 heteroatoms. The molecule has 1 heterocycles. The molecule has 0 bridgehead atoms. The fourth-order valence-electron chi connectivity index (χ4n) is 0.787. The summed E-state index contributed by atoms with van der Waals surface area (Å²) in [6.45, 7) is 3.83. The second-order valence-corrected chi connectivity index (χ2v) is 2.57. The molecule has 0 aliphatic rings. The van der Waals surface area contributed by atoms with E-state index in [0.29, 0.717) is 5.59 Å². The van der Waals surface area contributed by atoms with E-state index in [1.807, 2.05) is 13.8 Å². The van der Waals surface area contributed by atoms with Gasteiger partial charge >= 0.3 is 7.12 Å². The van der Waals surface area contributed by atoms with Gasteiger partial charge in [0.1, 0.15) is 0 Å². The van der Waals surface area contributed by atoms with Crippen LogP contribution in [0.4, 0.5) is 0 Å². The largest absolute Gasteiger partial charge is 0.508 e. The summed E-state index contributed by atoms with van der Waals surface area (Å²) in [6.07, 6.45) is 1.63. The van der Waals surface area contributed by atoms with Crippen molar-refractivity contribution in [1.82, 2.24) is 4.98 Å². The Kier molecular flexibility index (Phi) is 2.26. The minimum atomic E-state index is -1.46. The van der Waals surface area contributed by atoms with Crippen LogP contribution in [-0.2, 0) is 0 Å². The first-order valence-corrected chi connectivity index (χ1v) is 3.40. The minimum Gasteiger partial charge on any atom is -0.422 e. The molecule has 0 saturated carbocycles. The van der Waals surface area contributed by atoms with Gasteiger partial charge in [0, 0.05) is 6.20 Å². The van der Waals surface area contributed by atoms with Crippen molar-refractivity contribution in [3.63, 3.8) is 0 Å². The SMILES string of the molecule is Cc1cnc(B(O)O)cc1C. The lowest BCUT2D eigenvalue weighted by molar-refractivity contribution is 0.424. The van der Waals surface area contributed by atoms with E-state index in [4.69, 9.17) is 10.0 Å². The van der Waals surface area contributed by atoms with Crippen molar-refractivity contribution in [1.29, 1.82) is 0 Å². The molecule has 0 unspecified atom stereocenters. The molecule has 3 nitrogen and oxygen atoms in total. The predicted molar refractivity (Wildman–Crippen MR) is 43.5 cm³/mol. The third kappa shape index (κ3) is 1.79. The van der Waals surface area contributed by atoms with E-state index in [2.05, 4.69) is 4.98 Å². The van der Waals surface area contributed by atoms with Gasteiger partial charge in [-0.3, -0.25) is 4.98 Å². The number of hydrogen-bond acceptors (Lipinski definition) is 3. The van der Waals surface area contributed by atoms with Gasteiger partial charge in [-0.2, -0.15) is 0 Å². The maximum Gasteiger partial charge on any atom is 0.508 e. The molecule has 0 spiro atoms. The van der Waals surface area contributed by atoms with Crippen molar-refractivity contribution in [3.05, 3.63) is 23.4 Å². The lowest BCUT2D eigenvalue weighted by Gasteiger charge is -2.01. The summed E-state index contributed by atoms with van der Waals surface area (Å²) >= 11 is 0. The van der Waals surface area contributed by atoms with Crippen molar-refractivity contribution < 1.29 is 10.0 Å². The number of aromatic nitrogens is 1. The smallest absolute Gasteiger partial charge is 0.422 e. The molecule has 0 atom stereocenters. The van der Waals surface area contributed by atoms with Crippen LogP contribution in [0, 0.1) is 13.8 Å². The molecule has 11 heavy (non-hydrogen) atoms. The van der Waals surface area contributed by atoms with Crippen molar-refractivity contribution in [2.45, 2.75) is 13.8 Å². The maximum atomic E-state index is 8.73. The summed E-state index contributed by atoms with van der Waals surface area (Å²) in [7, 11) is -1.46. The Hall–Kier alpha value is -0.865. The van der Waals surface area contributed by atoms with E-state index in [9.17, 15) is 0 Å². The van der Waals surface area contributed by atoms with Crippen LogP contribution in [0.5, 0.6) is 0 Å². The van der Waals surface area contributed by atoms with Crippen LogP contribution in [0.2, 0.25) is 0 Å². The topological polar surface area (TPSA) is 53.4 Å². The van der Waals surface area contributed by atoms with E-state index in [-0.39, 0.29) is 0 Å². The van der Waals surface area contributed by atoms with Gasteiger partial charge in [0.2, 0.25) is 0 Å². The van der Waals surface area contributed by atoms with Gasteiger partial charge in [-0.05, 0) is 31.0 Å². The quantitative estimate of drug-likeness (QED) is 0.525. The Bertz CT molecular complexity index is 263. The summed E-state index contributed by atoms with van der Waals surface area (Å²) in [4.78, 5) is 3.84. The highest BCUT2D eigenvalue weighted by Gasteiger charge is 2.12. The molecule has 0 fully saturated rings. The first-order chi connectivity index (χ1) is 5.11. The van der Waals surface area contributed by atoms with Crippen molar-refractivity contribution in [2.75, 3.05) is 0 Å². The minimum absolute atomic E-state index is 0.299. The molecule has 2 N–H and O–H groups in total. The van der Waals surface area contributed by atoms with Crippen LogP contribution >= 0.6 is 0 Å². The van der Waals surface area contributed by atoms with Crippen LogP contribution < -0.4 is 5.59 Å². The van der Waals surface area contributed by atoms with E-state index < -0.39 is 7.12 Å². The van der Waals surface area contributed by atoms with Gasteiger partial charge in [-0.25, -0.2) is 0 Å². The highest BCUT2D eigenvalue weighted by atomic mass is 16.4. The molecule has 0 aliphatic heterocycles. The van der Waals surface area contributed by atoms with Crippen molar-refractivity contribution in [2.24, 2.45) is 0 Å². The summed E-state index contributed by atoms with van der Waals surface area (Å²) < 4.78 is 0. The second kappa shape index (κ2) is 3.03. The number of nitrogens with zero attached hydrogens (tertiary/aromatic N) is 1. The second-order valence-electron chi connectivity index (χ2n) is 2.57. The third-order valence-electron chi connectivity index (χ3n) is 1.66. The van der Waals surface area contributed by atoms with E-state index in [1.165, 1.54) is 0 Å². The first kappa shape index (κ1) is 8.23. The molecule has 1 aromatic rings. The van der Waals surface area contributed by atoms with Gasteiger partial charge in [0.15, 0.2) is 0 Å². The summed E-state index contributed by atoms with van der Waals surface area (Å²) in [6, 6.07) is 1.67. The zero-order chi connectivity index (χ0) is 8.43. The standard InChI is InChI=1S/C7H10BNO2/c1-5-3-7(8(10)11)9-4-6(5)2/h3-4,10-11H,1-2H3. The van der Waals surface area contributed by atoms with Gasteiger partial charge in [-0.15, -0.1) is 0 Å². The van der Waals surface area contributed by atoms with Crippen molar-refractivity contribution in [3.8, 4) is 0 Å². The fraction of sp³-hybridized carbons (Fsp3) is 0.286. The number of aryl methyl sites for hydroxylation is 2. The van der Waals surface area contributed by atoms with Gasteiger partial charge < -0.3 is 10.0 Å². The summed E-state index contributed by atoms with van der Waals surface area (Å²) in [5.41, 5.74) is 2.37. The Labute approximate surface area is 65.9 Å². The molecule has 58 valence electrons. The number of pyridine rings is 1. The Balaban J connectivity index is 3.05. The molecular weight excluding hydrogens is 141 g/mol. The molecule has 0 amide bonds. The summed E-state index contributed by atoms with van der Waals surface area (Å²) in [5.74, 6) is 0. The maximum absolute atomic E-state index is 8.73. The number of rotatable bonds is 1. The van der Waals surface area contributed by atoms with Crippen LogP contribution in [0.25, 0.3) is 0 Å². The van der Waals surface area contributed by atoms with Crippen LogP contribution in [-0.4, -0.2) is 22.2 Å². The lowest BCUT2D eigenvalue weighted by Crippen LogP contribution is -2.32. The van der Waals surface area contributed by atoms with Gasteiger partial charge in [0.25, 0.3) is 0 Å². The predicted octanol–water partition coefficient (Wildman–Crippen LogP) is -0.622. The summed E-state index contributed by atoms with van der Waals surface area (Å²) in [5, 5.41) is 17.5.